The van der Waals surface area contributed by atoms with Crippen LogP contribution < -0.4 is 5.32 Å². The lowest BCUT2D eigenvalue weighted by atomic mass is 10.0. The van der Waals surface area contributed by atoms with Gasteiger partial charge in [-0.25, -0.2) is 4.39 Å². The van der Waals surface area contributed by atoms with Crippen LogP contribution in [0.3, 0.4) is 0 Å². The number of nitrogens with zero attached hydrogens (tertiary/aromatic N) is 3. The summed E-state index contributed by atoms with van der Waals surface area (Å²) in [6, 6.07) is -0.0590. The number of nitrogens with one attached hydrogen (secondary N) is 1. The fourth-order valence-corrected chi connectivity index (χ4v) is 5.08. The zero-order valence-corrected chi connectivity index (χ0v) is 18.4. The molecule has 0 aromatic carbocycles. The minimum atomic E-state index is -0.684. The summed E-state index contributed by atoms with van der Waals surface area (Å²) in [5, 5.41) is 8.23. The highest BCUT2D eigenvalue weighted by Crippen LogP contribution is 2.33. The fraction of sp³-hybridized carbons (Fsp3) is 0.591. The van der Waals surface area contributed by atoms with E-state index in [4.69, 9.17) is 4.99 Å². The number of hydrogen-bond donors (Lipinski definition) is 1. The van der Waals surface area contributed by atoms with Gasteiger partial charge in [-0.3, -0.25) is 9.79 Å². The summed E-state index contributed by atoms with van der Waals surface area (Å²) < 4.78 is 26.0. The second-order valence-corrected chi connectivity index (χ2v) is 9.13. The monoisotopic (exact) mass is 436 g/mol. The molecule has 1 aliphatic carbocycles. The fourth-order valence-electron chi connectivity index (χ4n) is 4.37. The Morgan fingerprint density at radius 1 is 1.43 bits per heavy atom. The Labute approximate surface area is 181 Å². The van der Waals surface area contributed by atoms with Crippen LogP contribution in [-0.4, -0.2) is 53.4 Å². The molecule has 164 valence electrons. The van der Waals surface area contributed by atoms with E-state index >= 15 is 0 Å². The summed E-state index contributed by atoms with van der Waals surface area (Å²) in [7, 11) is 0. The summed E-state index contributed by atoms with van der Waals surface area (Å²) in [6.45, 7) is 4.27. The molecule has 1 saturated heterocycles. The Bertz CT molecular complexity index is 784. The van der Waals surface area contributed by atoms with Crippen molar-refractivity contribution < 1.29 is 13.7 Å². The van der Waals surface area contributed by atoms with E-state index in [1.807, 2.05) is 18.4 Å². The average molecular weight is 437 g/mol. The topological polar surface area (TPSA) is 57.1 Å². The van der Waals surface area contributed by atoms with Crippen LogP contribution in [0.15, 0.2) is 45.1 Å². The van der Waals surface area contributed by atoms with Gasteiger partial charge in [0.15, 0.2) is 0 Å². The number of halogens is 2. The first kappa shape index (κ1) is 22.7. The molecule has 0 aromatic heterocycles. The van der Waals surface area contributed by atoms with Gasteiger partial charge in [0.1, 0.15) is 18.2 Å². The number of allylic oxidation sites excluding steroid dienone is 3. The third-order valence-electron chi connectivity index (χ3n) is 5.81. The molecule has 0 bridgehead atoms. The summed E-state index contributed by atoms with van der Waals surface area (Å²) >= 11 is 1.67. The number of amidine groups is 1. The van der Waals surface area contributed by atoms with Crippen molar-refractivity contribution in [2.75, 3.05) is 19.8 Å². The van der Waals surface area contributed by atoms with E-state index in [-0.39, 0.29) is 28.8 Å². The van der Waals surface area contributed by atoms with Crippen LogP contribution in [0.25, 0.3) is 0 Å². The molecule has 1 amide bonds. The van der Waals surface area contributed by atoms with Crippen LogP contribution in [0.4, 0.5) is 8.87 Å². The van der Waals surface area contributed by atoms with E-state index in [2.05, 4.69) is 22.4 Å². The lowest BCUT2D eigenvalue weighted by Crippen LogP contribution is -2.42. The number of hydrogen-bond acceptors (Lipinski definition) is 5. The van der Waals surface area contributed by atoms with E-state index in [0.717, 1.165) is 37.2 Å². The van der Waals surface area contributed by atoms with Crippen molar-refractivity contribution in [2.24, 2.45) is 16.1 Å². The summed E-state index contributed by atoms with van der Waals surface area (Å²) in [4.78, 5) is 19.5. The van der Waals surface area contributed by atoms with Gasteiger partial charge in [-0.2, -0.15) is 0 Å². The highest BCUT2D eigenvalue weighted by molar-refractivity contribution is 8.03. The number of alkyl halides is 1. The molecule has 0 radical (unpaired) electrons. The zero-order valence-electron chi connectivity index (χ0n) is 17.6. The molecule has 2 heterocycles. The minimum absolute atomic E-state index is 0.0590. The second kappa shape index (κ2) is 10.9. The number of thioether (sulfide) groups is 1. The Hall–Kier alpha value is -1.96. The number of aliphatic imine (C=N–C) groups is 1. The summed E-state index contributed by atoms with van der Waals surface area (Å²) in [6.07, 6.45) is 9.31. The lowest BCUT2D eigenvalue weighted by Gasteiger charge is -2.31. The summed E-state index contributed by atoms with van der Waals surface area (Å²) in [5.41, 5.74) is 1.68. The number of fused-ring (bicyclic) bond motifs is 1. The molecule has 2 aliphatic heterocycles. The largest absolute Gasteiger partial charge is 0.351 e. The molecule has 2 atom stereocenters. The highest BCUT2D eigenvalue weighted by atomic mass is 32.2. The number of carbonyl (C=O) groups excluding carboxylic acids is 1. The van der Waals surface area contributed by atoms with Crippen LogP contribution in [0.1, 0.15) is 46.0 Å². The molecular weight excluding hydrogens is 406 g/mol. The highest BCUT2D eigenvalue weighted by Gasteiger charge is 2.38. The standard InChI is InChI=1S/C22H30F2N4OS/c1-3-11-30-15(2)21-25-13-18(19(27-24)9-6-10-23)20-12-17(14-28(20)21)26-22(29)16-7-4-5-8-16/h3,6,9,11,15-17H,4-5,7-8,10,12-14H2,1-2H3,(H,26,29)/b9-6-,11-3-,27-19+. The molecule has 0 aromatic rings. The molecule has 5 nitrogen and oxygen atoms in total. The normalized spacial score (nSPS) is 24.1. The first-order valence-electron chi connectivity index (χ1n) is 10.6. The smallest absolute Gasteiger partial charge is 0.223 e. The van der Waals surface area contributed by atoms with Crippen LogP contribution in [0.2, 0.25) is 0 Å². The Balaban J connectivity index is 1.83. The van der Waals surface area contributed by atoms with Crippen LogP contribution in [0.5, 0.6) is 0 Å². The first-order chi connectivity index (χ1) is 14.6. The van der Waals surface area contributed by atoms with Gasteiger partial charge in [-0.05, 0) is 38.2 Å². The van der Waals surface area contributed by atoms with E-state index in [1.54, 1.807) is 11.8 Å². The van der Waals surface area contributed by atoms with Gasteiger partial charge in [0.25, 0.3) is 0 Å². The quantitative estimate of drug-likeness (QED) is 0.569. The molecule has 8 heteroatoms. The lowest BCUT2D eigenvalue weighted by molar-refractivity contribution is -0.125. The number of amides is 1. The van der Waals surface area contributed by atoms with E-state index in [9.17, 15) is 13.7 Å². The molecule has 30 heavy (non-hydrogen) atoms. The Morgan fingerprint density at radius 2 is 2.20 bits per heavy atom. The molecule has 2 fully saturated rings. The van der Waals surface area contributed by atoms with Gasteiger partial charge in [0.2, 0.25) is 5.91 Å². The van der Waals surface area contributed by atoms with Crippen molar-refractivity contribution in [3.8, 4) is 0 Å². The molecule has 3 rings (SSSR count). The van der Waals surface area contributed by atoms with Gasteiger partial charge < -0.3 is 10.2 Å². The minimum Gasteiger partial charge on any atom is -0.351 e. The maximum absolute atomic E-state index is 13.4. The first-order valence-corrected chi connectivity index (χ1v) is 11.6. The van der Waals surface area contributed by atoms with Gasteiger partial charge in [-0.15, -0.1) is 11.8 Å². The predicted molar refractivity (Wildman–Crippen MR) is 120 cm³/mol. The zero-order chi connectivity index (χ0) is 21.5. The third-order valence-corrected chi connectivity index (χ3v) is 6.86. The number of rotatable bonds is 8. The third kappa shape index (κ3) is 5.20. The molecular formula is C22H30F2N4OS. The van der Waals surface area contributed by atoms with E-state index in [1.165, 1.54) is 12.2 Å². The van der Waals surface area contributed by atoms with Crippen molar-refractivity contribution in [3.63, 3.8) is 0 Å². The van der Waals surface area contributed by atoms with Crippen molar-refractivity contribution in [1.29, 1.82) is 0 Å². The van der Waals surface area contributed by atoms with Crippen molar-refractivity contribution in [1.82, 2.24) is 10.2 Å². The van der Waals surface area contributed by atoms with Crippen LogP contribution in [-0.2, 0) is 4.79 Å². The summed E-state index contributed by atoms with van der Waals surface area (Å²) in [5.74, 6) is 1.14. The maximum atomic E-state index is 13.4. The van der Waals surface area contributed by atoms with Crippen molar-refractivity contribution >= 4 is 29.2 Å². The van der Waals surface area contributed by atoms with Gasteiger partial charge >= 0.3 is 0 Å². The molecule has 0 spiro atoms. The Kier molecular flexibility index (Phi) is 8.24. The van der Waals surface area contributed by atoms with E-state index in [0.29, 0.717) is 25.1 Å². The van der Waals surface area contributed by atoms with E-state index < -0.39 is 6.67 Å². The van der Waals surface area contributed by atoms with Crippen LogP contribution >= 0.6 is 11.8 Å². The predicted octanol–water partition coefficient (Wildman–Crippen LogP) is 4.54. The molecule has 1 N–H and O–H groups in total. The van der Waals surface area contributed by atoms with Gasteiger partial charge in [-0.1, -0.05) is 34.7 Å². The molecule has 1 saturated carbocycles. The van der Waals surface area contributed by atoms with Crippen molar-refractivity contribution in [3.05, 3.63) is 34.9 Å². The average Bonchev–Trinajstić information content (AvgIpc) is 3.42. The van der Waals surface area contributed by atoms with Gasteiger partial charge in [0, 0.05) is 30.2 Å². The Morgan fingerprint density at radius 3 is 2.87 bits per heavy atom. The molecule has 3 aliphatic rings. The maximum Gasteiger partial charge on any atom is 0.223 e. The SMILES string of the molecule is C/C=C\SC(C)C1=NCC(C(/C=C\CF)=N/F)=C2CC(NC(=O)C3CCCC3)CN12. The van der Waals surface area contributed by atoms with Gasteiger partial charge in [0.05, 0.1) is 17.8 Å². The molecule has 2 unspecified atom stereocenters. The number of carbonyl (C=O) groups is 1. The second-order valence-electron chi connectivity index (χ2n) is 7.88. The van der Waals surface area contributed by atoms with Crippen LogP contribution in [0, 0.1) is 5.92 Å². The van der Waals surface area contributed by atoms with Crippen molar-refractivity contribution in [2.45, 2.75) is 57.2 Å².